The van der Waals surface area contributed by atoms with Crippen molar-refractivity contribution in [2.45, 2.75) is 31.7 Å². The first kappa shape index (κ1) is 13.8. The number of nitrogens with one attached hydrogen (secondary N) is 2. The largest absolute Gasteiger partial charge is 0.480 e. The average molecular weight is 244 g/mol. The standard InChI is InChI=1S/C11H20N2O4/c1-17-6-5-9(10(14)15)13-11(16)12-7-8-3-2-4-8/h8-9H,2-7H2,1H3,(H,14,15)(H2,12,13,16). The lowest BCUT2D eigenvalue weighted by Gasteiger charge is -2.25. The molecule has 1 fully saturated rings. The number of hydrogen-bond donors (Lipinski definition) is 3. The number of methoxy groups -OCH3 is 1. The second-order valence-corrected chi connectivity index (χ2v) is 4.32. The fourth-order valence-electron chi connectivity index (χ4n) is 1.64. The SMILES string of the molecule is COCCC(NC(=O)NCC1CCC1)C(=O)O. The number of amides is 2. The Morgan fingerprint density at radius 1 is 1.47 bits per heavy atom. The zero-order chi connectivity index (χ0) is 12.7. The van der Waals surface area contributed by atoms with Gasteiger partial charge in [0.2, 0.25) is 0 Å². The first-order valence-corrected chi connectivity index (χ1v) is 5.89. The molecule has 0 radical (unpaired) electrons. The summed E-state index contributed by atoms with van der Waals surface area (Å²) in [5, 5.41) is 14.0. The summed E-state index contributed by atoms with van der Waals surface area (Å²) < 4.78 is 4.79. The van der Waals surface area contributed by atoms with Crippen LogP contribution in [0, 0.1) is 5.92 Å². The van der Waals surface area contributed by atoms with Crippen LogP contribution in [0.1, 0.15) is 25.7 Å². The molecule has 0 spiro atoms. The third-order valence-electron chi connectivity index (χ3n) is 2.99. The van der Waals surface area contributed by atoms with Crippen molar-refractivity contribution in [1.82, 2.24) is 10.6 Å². The van der Waals surface area contributed by atoms with E-state index < -0.39 is 18.0 Å². The maximum atomic E-state index is 11.4. The highest BCUT2D eigenvalue weighted by atomic mass is 16.5. The summed E-state index contributed by atoms with van der Waals surface area (Å²) in [7, 11) is 1.50. The monoisotopic (exact) mass is 244 g/mol. The van der Waals surface area contributed by atoms with Gasteiger partial charge in [-0.25, -0.2) is 9.59 Å². The van der Waals surface area contributed by atoms with Crippen molar-refractivity contribution in [2.75, 3.05) is 20.3 Å². The van der Waals surface area contributed by atoms with Crippen molar-refractivity contribution in [1.29, 1.82) is 0 Å². The molecule has 1 atom stereocenters. The zero-order valence-corrected chi connectivity index (χ0v) is 10.1. The van der Waals surface area contributed by atoms with Crippen molar-refractivity contribution >= 4 is 12.0 Å². The minimum Gasteiger partial charge on any atom is -0.480 e. The number of ether oxygens (including phenoxy) is 1. The number of carboxylic acid groups (broad SMARTS) is 1. The molecule has 3 N–H and O–H groups in total. The minimum absolute atomic E-state index is 0.267. The van der Waals surface area contributed by atoms with Crippen molar-refractivity contribution < 1.29 is 19.4 Å². The third-order valence-corrected chi connectivity index (χ3v) is 2.99. The van der Waals surface area contributed by atoms with Crippen LogP contribution in [0.5, 0.6) is 0 Å². The topological polar surface area (TPSA) is 87.7 Å². The molecule has 0 heterocycles. The van der Waals surface area contributed by atoms with Gasteiger partial charge in [0, 0.05) is 26.7 Å². The lowest BCUT2D eigenvalue weighted by molar-refractivity contribution is -0.139. The molecular weight excluding hydrogens is 224 g/mol. The Labute approximate surface area is 101 Å². The Balaban J connectivity index is 2.22. The highest BCUT2D eigenvalue weighted by Gasteiger charge is 2.21. The molecule has 98 valence electrons. The quantitative estimate of drug-likeness (QED) is 0.611. The third kappa shape index (κ3) is 5.04. The van der Waals surface area contributed by atoms with Gasteiger partial charge in [0.1, 0.15) is 6.04 Å². The van der Waals surface area contributed by atoms with Crippen molar-refractivity contribution in [3.63, 3.8) is 0 Å². The zero-order valence-electron chi connectivity index (χ0n) is 10.1. The molecule has 1 aliphatic carbocycles. The van der Waals surface area contributed by atoms with Crippen LogP contribution in [0.3, 0.4) is 0 Å². The minimum atomic E-state index is -1.04. The first-order chi connectivity index (χ1) is 8.13. The number of carbonyl (C=O) groups is 2. The number of carbonyl (C=O) groups excluding carboxylic acids is 1. The Morgan fingerprint density at radius 3 is 2.65 bits per heavy atom. The van der Waals surface area contributed by atoms with Crippen LogP contribution in [-0.2, 0) is 9.53 Å². The summed E-state index contributed by atoms with van der Waals surface area (Å²) in [5.41, 5.74) is 0. The van der Waals surface area contributed by atoms with Crippen LogP contribution >= 0.6 is 0 Å². The van der Waals surface area contributed by atoms with E-state index in [1.165, 1.54) is 13.5 Å². The molecule has 1 saturated carbocycles. The smallest absolute Gasteiger partial charge is 0.326 e. The predicted molar refractivity (Wildman–Crippen MR) is 61.8 cm³/mol. The lowest BCUT2D eigenvalue weighted by Crippen LogP contribution is -2.47. The van der Waals surface area contributed by atoms with Gasteiger partial charge < -0.3 is 20.5 Å². The summed E-state index contributed by atoms with van der Waals surface area (Å²) in [4.78, 5) is 22.3. The highest BCUT2D eigenvalue weighted by Crippen LogP contribution is 2.24. The summed E-state index contributed by atoms with van der Waals surface area (Å²) in [6.45, 7) is 0.933. The Kier molecular flexibility index (Phi) is 5.76. The summed E-state index contributed by atoms with van der Waals surface area (Å²) in [6, 6.07) is -1.31. The van der Waals surface area contributed by atoms with Gasteiger partial charge in [-0.1, -0.05) is 6.42 Å². The molecule has 0 bridgehead atoms. The normalized spacial score (nSPS) is 17.0. The molecule has 1 rings (SSSR count). The van der Waals surface area contributed by atoms with E-state index in [0.717, 1.165) is 12.8 Å². The molecule has 0 aromatic carbocycles. The molecule has 0 aromatic heterocycles. The van der Waals surface area contributed by atoms with Crippen LogP contribution in [0.4, 0.5) is 4.79 Å². The van der Waals surface area contributed by atoms with Crippen molar-refractivity contribution in [2.24, 2.45) is 5.92 Å². The Hall–Kier alpha value is -1.30. The number of urea groups is 1. The molecule has 1 unspecified atom stereocenters. The molecule has 17 heavy (non-hydrogen) atoms. The van der Waals surface area contributed by atoms with E-state index in [-0.39, 0.29) is 6.42 Å². The molecule has 2 amide bonds. The van der Waals surface area contributed by atoms with E-state index >= 15 is 0 Å². The van der Waals surface area contributed by atoms with Crippen molar-refractivity contribution in [3.8, 4) is 0 Å². The maximum Gasteiger partial charge on any atom is 0.326 e. The van der Waals surface area contributed by atoms with Gasteiger partial charge >= 0.3 is 12.0 Å². The second kappa shape index (κ2) is 7.11. The van der Waals surface area contributed by atoms with Gasteiger partial charge in [-0.05, 0) is 18.8 Å². The average Bonchev–Trinajstić information content (AvgIpc) is 2.21. The van der Waals surface area contributed by atoms with Crippen molar-refractivity contribution in [3.05, 3.63) is 0 Å². The molecule has 0 aromatic rings. The van der Waals surface area contributed by atoms with E-state index in [0.29, 0.717) is 19.1 Å². The van der Waals surface area contributed by atoms with Gasteiger partial charge in [-0.15, -0.1) is 0 Å². The van der Waals surface area contributed by atoms with Gasteiger partial charge in [0.05, 0.1) is 0 Å². The molecule has 0 saturated heterocycles. The predicted octanol–water partition coefficient (Wildman–Crippen LogP) is 0.575. The highest BCUT2D eigenvalue weighted by molar-refractivity contribution is 5.82. The van der Waals surface area contributed by atoms with Crippen LogP contribution < -0.4 is 10.6 Å². The van der Waals surface area contributed by atoms with E-state index in [2.05, 4.69) is 10.6 Å². The summed E-state index contributed by atoms with van der Waals surface area (Å²) in [5.74, 6) is -0.483. The molecular formula is C11H20N2O4. The summed E-state index contributed by atoms with van der Waals surface area (Å²) >= 11 is 0. The number of hydrogen-bond acceptors (Lipinski definition) is 3. The van der Waals surface area contributed by atoms with Crippen LogP contribution in [-0.4, -0.2) is 43.4 Å². The van der Waals surface area contributed by atoms with E-state index in [9.17, 15) is 9.59 Å². The maximum absolute atomic E-state index is 11.4. The van der Waals surface area contributed by atoms with Crippen LogP contribution in [0.25, 0.3) is 0 Å². The van der Waals surface area contributed by atoms with E-state index in [4.69, 9.17) is 9.84 Å². The van der Waals surface area contributed by atoms with Crippen LogP contribution in [0.15, 0.2) is 0 Å². The fraction of sp³-hybridized carbons (Fsp3) is 0.818. The second-order valence-electron chi connectivity index (χ2n) is 4.32. The summed E-state index contributed by atoms with van der Waals surface area (Å²) in [6.07, 6.45) is 3.78. The Morgan fingerprint density at radius 2 is 2.18 bits per heavy atom. The van der Waals surface area contributed by atoms with E-state index in [1.807, 2.05) is 0 Å². The number of aliphatic carboxylic acids is 1. The van der Waals surface area contributed by atoms with Gasteiger partial charge in [-0.3, -0.25) is 0 Å². The fourth-order valence-corrected chi connectivity index (χ4v) is 1.64. The van der Waals surface area contributed by atoms with Gasteiger partial charge in [0.25, 0.3) is 0 Å². The lowest BCUT2D eigenvalue weighted by atomic mass is 9.85. The van der Waals surface area contributed by atoms with Crippen LogP contribution in [0.2, 0.25) is 0 Å². The Bertz CT molecular complexity index is 266. The van der Waals surface area contributed by atoms with Gasteiger partial charge in [0.15, 0.2) is 0 Å². The van der Waals surface area contributed by atoms with E-state index in [1.54, 1.807) is 0 Å². The molecule has 6 heteroatoms. The molecule has 6 nitrogen and oxygen atoms in total. The number of rotatable bonds is 7. The number of carboxylic acids is 1. The van der Waals surface area contributed by atoms with Gasteiger partial charge in [-0.2, -0.15) is 0 Å². The molecule has 0 aliphatic heterocycles. The first-order valence-electron chi connectivity index (χ1n) is 5.89. The molecule has 1 aliphatic rings.